The van der Waals surface area contributed by atoms with Crippen molar-refractivity contribution in [3.05, 3.63) is 0 Å². The molecule has 0 aliphatic rings. The number of amides is 1. The first-order valence-electron chi connectivity index (χ1n) is 4.85. The standard InChI is InChI=1S/C10H18ClNO3/c1-5-15-9(14)12(10(2,3)4)7-8(13)6-11/h5-7H2,1-4H3. The van der Waals surface area contributed by atoms with Crippen molar-refractivity contribution in [2.75, 3.05) is 19.0 Å². The Kier molecular flexibility index (Phi) is 5.65. The minimum Gasteiger partial charge on any atom is -0.450 e. The molecular formula is C10H18ClNO3. The van der Waals surface area contributed by atoms with E-state index in [4.69, 9.17) is 16.3 Å². The fraction of sp³-hybridized carbons (Fsp3) is 0.800. The number of Topliss-reactive ketones (excluding diaryl/α,β-unsaturated/α-hetero) is 1. The fourth-order valence-corrected chi connectivity index (χ4v) is 1.08. The molecule has 0 heterocycles. The Bertz CT molecular complexity index is 235. The highest BCUT2D eigenvalue weighted by atomic mass is 35.5. The summed E-state index contributed by atoms with van der Waals surface area (Å²) in [6.07, 6.45) is -0.483. The second-order valence-electron chi connectivity index (χ2n) is 4.13. The van der Waals surface area contributed by atoms with Crippen LogP contribution in [0.15, 0.2) is 0 Å². The normalized spacial score (nSPS) is 11.0. The summed E-state index contributed by atoms with van der Waals surface area (Å²) in [5.41, 5.74) is -0.450. The molecule has 0 aliphatic carbocycles. The average molecular weight is 236 g/mol. The van der Waals surface area contributed by atoms with Gasteiger partial charge in [-0.1, -0.05) is 0 Å². The highest BCUT2D eigenvalue weighted by Gasteiger charge is 2.29. The predicted molar refractivity (Wildman–Crippen MR) is 59.2 cm³/mol. The van der Waals surface area contributed by atoms with Crippen molar-refractivity contribution in [2.24, 2.45) is 0 Å². The molecule has 0 aromatic carbocycles. The van der Waals surface area contributed by atoms with Gasteiger partial charge in [0.1, 0.15) is 0 Å². The number of hydrogen-bond acceptors (Lipinski definition) is 3. The lowest BCUT2D eigenvalue weighted by molar-refractivity contribution is -0.118. The second-order valence-corrected chi connectivity index (χ2v) is 4.40. The van der Waals surface area contributed by atoms with Gasteiger partial charge < -0.3 is 4.74 Å². The van der Waals surface area contributed by atoms with Crippen molar-refractivity contribution >= 4 is 23.5 Å². The first kappa shape index (κ1) is 14.2. The third-order valence-corrected chi connectivity index (χ3v) is 2.08. The van der Waals surface area contributed by atoms with Gasteiger partial charge in [0.2, 0.25) is 0 Å². The lowest BCUT2D eigenvalue weighted by Crippen LogP contribution is -2.48. The molecule has 0 saturated carbocycles. The summed E-state index contributed by atoms with van der Waals surface area (Å²) in [7, 11) is 0. The molecule has 0 atom stereocenters. The minimum absolute atomic E-state index is 0.00810. The van der Waals surface area contributed by atoms with Crippen LogP contribution >= 0.6 is 11.6 Å². The number of ether oxygens (including phenoxy) is 1. The largest absolute Gasteiger partial charge is 0.450 e. The van der Waals surface area contributed by atoms with Crippen LogP contribution in [0, 0.1) is 0 Å². The predicted octanol–water partition coefficient (Wildman–Crippen LogP) is 2.05. The highest BCUT2D eigenvalue weighted by molar-refractivity contribution is 6.28. The maximum Gasteiger partial charge on any atom is 0.410 e. The second kappa shape index (κ2) is 5.95. The molecule has 0 saturated heterocycles. The number of halogens is 1. The van der Waals surface area contributed by atoms with Crippen molar-refractivity contribution in [2.45, 2.75) is 33.2 Å². The maximum absolute atomic E-state index is 11.5. The van der Waals surface area contributed by atoms with Crippen LogP contribution in [-0.2, 0) is 9.53 Å². The molecule has 1 amide bonds. The van der Waals surface area contributed by atoms with Gasteiger partial charge >= 0.3 is 6.09 Å². The molecule has 0 N–H and O–H groups in total. The SMILES string of the molecule is CCOC(=O)N(CC(=O)CCl)C(C)(C)C. The molecule has 0 radical (unpaired) electrons. The highest BCUT2D eigenvalue weighted by Crippen LogP contribution is 2.14. The Morgan fingerprint density at radius 2 is 1.87 bits per heavy atom. The summed E-state index contributed by atoms with van der Waals surface area (Å²) in [5, 5.41) is 0. The zero-order chi connectivity index (χ0) is 12.1. The Hall–Kier alpha value is -0.770. The summed E-state index contributed by atoms with van der Waals surface area (Å²) >= 11 is 5.40. The van der Waals surface area contributed by atoms with Crippen LogP contribution in [0.2, 0.25) is 0 Å². The molecule has 0 fully saturated rings. The molecule has 0 spiro atoms. The Morgan fingerprint density at radius 1 is 1.33 bits per heavy atom. The first-order chi connectivity index (χ1) is 6.82. The smallest absolute Gasteiger partial charge is 0.410 e. The average Bonchev–Trinajstić information content (AvgIpc) is 2.12. The Labute approximate surface area is 95.5 Å². The van der Waals surface area contributed by atoms with Crippen LogP contribution in [0.3, 0.4) is 0 Å². The maximum atomic E-state index is 11.5. The zero-order valence-corrected chi connectivity index (χ0v) is 10.4. The zero-order valence-electron chi connectivity index (χ0n) is 9.67. The third kappa shape index (κ3) is 5.02. The number of ketones is 1. The summed E-state index contributed by atoms with van der Waals surface area (Å²) in [6, 6.07) is 0. The van der Waals surface area contributed by atoms with Crippen molar-refractivity contribution in [3.63, 3.8) is 0 Å². The van der Waals surface area contributed by atoms with Crippen LogP contribution in [-0.4, -0.2) is 41.3 Å². The first-order valence-corrected chi connectivity index (χ1v) is 5.38. The summed E-state index contributed by atoms with van der Waals surface area (Å²) in [6.45, 7) is 7.52. The van der Waals surface area contributed by atoms with Gasteiger partial charge in [-0.15, -0.1) is 11.6 Å². The van der Waals surface area contributed by atoms with E-state index in [0.717, 1.165) is 0 Å². The van der Waals surface area contributed by atoms with Crippen LogP contribution in [0.5, 0.6) is 0 Å². The van der Waals surface area contributed by atoms with E-state index in [1.807, 2.05) is 20.8 Å². The van der Waals surface area contributed by atoms with Gasteiger partial charge in [0.25, 0.3) is 0 Å². The third-order valence-electron chi connectivity index (χ3n) is 1.78. The molecule has 5 heteroatoms. The number of rotatable bonds is 4. The summed E-state index contributed by atoms with van der Waals surface area (Å²) in [5.74, 6) is -0.286. The van der Waals surface area contributed by atoms with Gasteiger partial charge in [0, 0.05) is 5.54 Å². The van der Waals surface area contributed by atoms with E-state index >= 15 is 0 Å². The van der Waals surface area contributed by atoms with E-state index in [2.05, 4.69) is 0 Å². The van der Waals surface area contributed by atoms with E-state index in [9.17, 15) is 9.59 Å². The quantitative estimate of drug-likeness (QED) is 0.701. The molecule has 0 unspecified atom stereocenters. The van der Waals surface area contributed by atoms with E-state index < -0.39 is 11.6 Å². The molecule has 15 heavy (non-hydrogen) atoms. The van der Waals surface area contributed by atoms with Gasteiger partial charge in [-0.2, -0.15) is 0 Å². The molecule has 0 aromatic heterocycles. The number of alkyl halides is 1. The Morgan fingerprint density at radius 3 is 2.20 bits per heavy atom. The fourth-order valence-electron chi connectivity index (χ4n) is 0.996. The topological polar surface area (TPSA) is 46.6 Å². The van der Waals surface area contributed by atoms with Crippen molar-refractivity contribution in [3.8, 4) is 0 Å². The minimum atomic E-state index is -0.483. The van der Waals surface area contributed by atoms with E-state index in [1.54, 1.807) is 6.92 Å². The molecular weight excluding hydrogens is 218 g/mol. The van der Waals surface area contributed by atoms with E-state index in [1.165, 1.54) is 4.90 Å². The van der Waals surface area contributed by atoms with Gasteiger partial charge in [-0.3, -0.25) is 9.69 Å². The number of carbonyl (C=O) groups excluding carboxylic acids is 2. The van der Waals surface area contributed by atoms with Crippen LogP contribution in [0.25, 0.3) is 0 Å². The summed E-state index contributed by atoms with van der Waals surface area (Å²) in [4.78, 5) is 24.1. The number of nitrogens with zero attached hydrogens (tertiary/aromatic N) is 1. The molecule has 0 aliphatic heterocycles. The van der Waals surface area contributed by atoms with Crippen molar-refractivity contribution in [1.29, 1.82) is 0 Å². The van der Waals surface area contributed by atoms with Gasteiger partial charge in [-0.25, -0.2) is 4.79 Å². The molecule has 88 valence electrons. The Balaban J connectivity index is 4.59. The molecule has 0 rings (SSSR count). The molecule has 0 bridgehead atoms. The van der Waals surface area contributed by atoms with E-state index in [0.29, 0.717) is 6.61 Å². The van der Waals surface area contributed by atoms with Gasteiger partial charge in [0.05, 0.1) is 19.0 Å². The van der Waals surface area contributed by atoms with Crippen LogP contribution in [0.4, 0.5) is 4.79 Å². The van der Waals surface area contributed by atoms with Crippen LogP contribution in [0.1, 0.15) is 27.7 Å². The number of hydrogen-bond donors (Lipinski definition) is 0. The van der Waals surface area contributed by atoms with Crippen LogP contribution < -0.4 is 0 Å². The van der Waals surface area contributed by atoms with Gasteiger partial charge in [-0.05, 0) is 27.7 Å². The number of carbonyl (C=O) groups is 2. The van der Waals surface area contributed by atoms with E-state index in [-0.39, 0.29) is 18.2 Å². The summed E-state index contributed by atoms with van der Waals surface area (Å²) < 4.78 is 4.87. The monoisotopic (exact) mass is 235 g/mol. The lowest BCUT2D eigenvalue weighted by Gasteiger charge is -2.33. The van der Waals surface area contributed by atoms with Gasteiger partial charge in [0.15, 0.2) is 5.78 Å². The molecule has 4 nitrogen and oxygen atoms in total. The lowest BCUT2D eigenvalue weighted by atomic mass is 10.1. The molecule has 0 aromatic rings. The van der Waals surface area contributed by atoms with Crippen molar-refractivity contribution in [1.82, 2.24) is 4.90 Å². The van der Waals surface area contributed by atoms with Crippen molar-refractivity contribution < 1.29 is 14.3 Å².